The molecule has 0 saturated heterocycles. The van der Waals surface area contributed by atoms with Gasteiger partial charge in [-0.25, -0.2) is 9.97 Å². The van der Waals surface area contributed by atoms with E-state index in [0.717, 1.165) is 28.2 Å². The van der Waals surface area contributed by atoms with Crippen LogP contribution in [0.2, 0.25) is 0 Å². The van der Waals surface area contributed by atoms with Gasteiger partial charge in [-0.2, -0.15) is 0 Å². The van der Waals surface area contributed by atoms with Gasteiger partial charge in [0.1, 0.15) is 5.82 Å². The van der Waals surface area contributed by atoms with Gasteiger partial charge in [0.05, 0.1) is 23.3 Å². The topological polar surface area (TPSA) is 51.8 Å². The number of aromatic nitrogens is 2. The summed E-state index contributed by atoms with van der Waals surface area (Å²) in [6.07, 6.45) is 2.53. The van der Waals surface area contributed by atoms with Gasteiger partial charge in [0.2, 0.25) is 0 Å². The van der Waals surface area contributed by atoms with Gasteiger partial charge in [0, 0.05) is 9.37 Å². The fourth-order valence-corrected chi connectivity index (χ4v) is 2.90. The van der Waals surface area contributed by atoms with E-state index < -0.39 is 0 Å². The summed E-state index contributed by atoms with van der Waals surface area (Å²) in [7, 11) is 0. The lowest BCUT2D eigenvalue weighted by Crippen LogP contribution is -2.02. The normalized spacial score (nSPS) is 10.6. The molecule has 0 aliphatic heterocycles. The molecule has 5 heteroatoms. The van der Waals surface area contributed by atoms with Gasteiger partial charge in [0.25, 0.3) is 0 Å². The minimum atomic E-state index is 0.675. The predicted octanol–water partition coefficient (Wildman–Crippen LogP) is 3.68. The molecule has 0 amide bonds. The molecule has 0 aliphatic carbocycles. The lowest BCUT2D eigenvalue weighted by molar-refractivity contribution is 0.945. The Labute approximate surface area is 119 Å². The fourth-order valence-electron chi connectivity index (χ4n) is 1.53. The fraction of sp³-hybridized carbons (Fsp3) is 0.231. The van der Waals surface area contributed by atoms with Crippen molar-refractivity contribution in [3.63, 3.8) is 0 Å². The number of nitrogens with two attached hydrogens (primary N) is 1. The number of halogens is 1. The maximum Gasteiger partial charge on any atom is 0.138 e. The van der Waals surface area contributed by atoms with Crippen molar-refractivity contribution in [2.24, 2.45) is 0 Å². The molecule has 0 radical (unpaired) electrons. The Kier molecular flexibility index (Phi) is 4.60. The third-order valence-corrected chi connectivity index (χ3v) is 3.93. The Balaban J connectivity index is 2.06. The standard InChI is InChI=1S/C13H14BrN3S/c1-2-12-11(15)7-16-13(17-12)8-18-10-5-3-4-9(14)6-10/h3-7H,2,8,15H2,1H3. The van der Waals surface area contributed by atoms with Crippen LogP contribution in [0.25, 0.3) is 0 Å². The number of nitrogens with zero attached hydrogens (tertiary/aromatic N) is 2. The molecule has 2 rings (SSSR count). The van der Waals surface area contributed by atoms with E-state index in [-0.39, 0.29) is 0 Å². The summed E-state index contributed by atoms with van der Waals surface area (Å²) in [5.74, 6) is 1.58. The highest BCUT2D eigenvalue weighted by Gasteiger charge is 2.04. The zero-order valence-corrected chi connectivity index (χ0v) is 12.5. The molecule has 1 aromatic carbocycles. The van der Waals surface area contributed by atoms with Crippen molar-refractivity contribution in [3.8, 4) is 0 Å². The van der Waals surface area contributed by atoms with Crippen LogP contribution in [0.3, 0.4) is 0 Å². The Bertz CT molecular complexity index is 546. The summed E-state index contributed by atoms with van der Waals surface area (Å²) in [4.78, 5) is 9.91. The highest BCUT2D eigenvalue weighted by atomic mass is 79.9. The van der Waals surface area contributed by atoms with Crippen LogP contribution in [0.15, 0.2) is 39.8 Å². The van der Waals surface area contributed by atoms with E-state index in [4.69, 9.17) is 5.73 Å². The molecule has 94 valence electrons. The summed E-state index contributed by atoms with van der Waals surface area (Å²) in [5.41, 5.74) is 7.39. The Morgan fingerprint density at radius 3 is 2.94 bits per heavy atom. The molecule has 2 N–H and O–H groups in total. The van der Waals surface area contributed by atoms with Crippen LogP contribution in [0, 0.1) is 0 Å². The first-order chi connectivity index (χ1) is 8.69. The van der Waals surface area contributed by atoms with Crippen molar-refractivity contribution in [1.82, 2.24) is 9.97 Å². The van der Waals surface area contributed by atoms with Crippen molar-refractivity contribution < 1.29 is 0 Å². The van der Waals surface area contributed by atoms with E-state index in [2.05, 4.69) is 38.0 Å². The first-order valence-corrected chi connectivity index (χ1v) is 7.45. The number of rotatable bonds is 4. The molecule has 18 heavy (non-hydrogen) atoms. The van der Waals surface area contributed by atoms with Crippen LogP contribution in [0.4, 0.5) is 5.69 Å². The molecule has 1 heterocycles. The van der Waals surface area contributed by atoms with Crippen LogP contribution < -0.4 is 5.73 Å². The van der Waals surface area contributed by atoms with Crippen LogP contribution in [-0.4, -0.2) is 9.97 Å². The molecule has 0 fully saturated rings. The minimum absolute atomic E-state index is 0.675. The average Bonchev–Trinajstić information content (AvgIpc) is 2.38. The summed E-state index contributed by atoms with van der Waals surface area (Å²) in [5, 5.41) is 0. The van der Waals surface area contributed by atoms with E-state index in [1.54, 1.807) is 18.0 Å². The number of hydrogen-bond acceptors (Lipinski definition) is 4. The first-order valence-electron chi connectivity index (χ1n) is 5.67. The number of aryl methyl sites for hydroxylation is 1. The van der Waals surface area contributed by atoms with Gasteiger partial charge >= 0.3 is 0 Å². The van der Waals surface area contributed by atoms with Crippen molar-refractivity contribution in [1.29, 1.82) is 0 Å². The molecule has 0 atom stereocenters. The average molecular weight is 324 g/mol. The molecule has 0 saturated carbocycles. The van der Waals surface area contributed by atoms with Gasteiger partial charge in [-0.05, 0) is 24.6 Å². The highest BCUT2D eigenvalue weighted by molar-refractivity contribution is 9.10. The summed E-state index contributed by atoms with van der Waals surface area (Å²) in [6, 6.07) is 8.20. The number of benzene rings is 1. The Hall–Kier alpha value is -1.07. The molecule has 0 spiro atoms. The van der Waals surface area contributed by atoms with Gasteiger partial charge in [0.15, 0.2) is 0 Å². The van der Waals surface area contributed by atoms with E-state index in [1.807, 2.05) is 19.1 Å². The van der Waals surface area contributed by atoms with Gasteiger partial charge in [-0.15, -0.1) is 11.8 Å². The second kappa shape index (κ2) is 6.20. The van der Waals surface area contributed by atoms with Crippen LogP contribution in [0.1, 0.15) is 18.4 Å². The molecule has 1 aromatic heterocycles. The molecule has 0 aliphatic rings. The zero-order valence-electron chi connectivity index (χ0n) is 10.1. The van der Waals surface area contributed by atoms with Crippen LogP contribution >= 0.6 is 27.7 Å². The van der Waals surface area contributed by atoms with Crippen molar-refractivity contribution in [2.45, 2.75) is 24.0 Å². The first kappa shape index (κ1) is 13.4. The summed E-state index contributed by atoms with van der Waals surface area (Å²) >= 11 is 5.18. The van der Waals surface area contributed by atoms with Crippen LogP contribution in [-0.2, 0) is 12.2 Å². The van der Waals surface area contributed by atoms with E-state index in [1.165, 1.54) is 4.90 Å². The molecule has 2 aromatic rings. The smallest absolute Gasteiger partial charge is 0.138 e. The third-order valence-electron chi connectivity index (χ3n) is 2.45. The molecular weight excluding hydrogens is 310 g/mol. The maximum absolute atomic E-state index is 5.79. The maximum atomic E-state index is 5.79. The van der Waals surface area contributed by atoms with Gasteiger partial charge in [-0.1, -0.05) is 28.9 Å². The van der Waals surface area contributed by atoms with E-state index in [0.29, 0.717) is 5.69 Å². The van der Waals surface area contributed by atoms with Crippen molar-refractivity contribution in [2.75, 3.05) is 5.73 Å². The number of thioether (sulfide) groups is 1. The second-order valence-electron chi connectivity index (χ2n) is 3.79. The minimum Gasteiger partial charge on any atom is -0.396 e. The van der Waals surface area contributed by atoms with Crippen molar-refractivity contribution in [3.05, 3.63) is 46.5 Å². The summed E-state index contributed by atoms with van der Waals surface area (Å²) < 4.78 is 1.08. The van der Waals surface area contributed by atoms with Gasteiger partial charge in [-0.3, -0.25) is 0 Å². The number of nitrogen functional groups attached to an aromatic ring is 1. The predicted molar refractivity (Wildman–Crippen MR) is 79.5 cm³/mol. The SMILES string of the molecule is CCc1nc(CSc2cccc(Br)c2)ncc1N. The van der Waals surface area contributed by atoms with E-state index in [9.17, 15) is 0 Å². The monoisotopic (exact) mass is 323 g/mol. The molecule has 0 unspecified atom stereocenters. The molecule has 3 nitrogen and oxygen atoms in total. The quantitative estimate of drug-likeness (QED) is 0.872. The van der Waals surface area contributed by atoms with Gasteiger partial charge < -0.3 is 5.73 Å². The van der Waals surface area contributed by atoms with Crippen molar-refractivity contribution >= 4 is 33.4 Å². The number of anilines is 1. The second-order valence-corrected chi connectivity index (χ2v) is 5.75. The molecular formula is C13H14BrN3S. The third kappa shape index (κ3) is 3.46. The Morgan fingerprint density at radius 2 is 2.22 bits per heavy atom. The largest absolute Gasteiger partial charge is 0.396 e. The van der Waals surface area contributed by atoms with Crippen LogP contribution in [0.5, 0.6) is 0 Å². The number of hydrogen-bond donors (Lipinski definition) is 1. The summed E-state index contributed by atoms with van der Waals surface area (Å²) in [6.45, 7) is 2.05. The Morgan fingerprint density at radius 1 is 1.39 bits per heavy atom. The zero-order chi connectivity index (χ0) is 13.0. The lowest BCUT2D eigenvalue weighted by Gasteiger charge is -2.05. The van der Waals surface area contributed by atoms with E-state index >= 15 is 0 Å². The highest BCUT2D eigenvalue weighted by Crippen LogP contribution is 2.24. The lowest BCUT2D eigenvalue weighted by atomic mass is 10.3. The molecule has 0 bridgehead atoms.